The second kappa shape index (κ2) is 6.41. The summed E-state index contributed by atoms with van der Waals surface area (Å²) in [5.74, 6) is 0. The van der Waals surface area contributed by atoms with E-state index in [0.29, 0.717) is 6.04 Å². The zero-order valence-corrected chi connectivity index (χ0v) is 9.82. The maximum Gasteiger partial charge on any atom is 0.0315 e. The Morgan fingerprint density at radius 2 is 1.80 bits per heavy atom. The molecule has 1 aromatic carbocycles. The average Bonchev–Trinajstić information content (AvgIpc) is 2.30. The fraction of sp³-hybridized carbons (Fsp3) is 0.429. The van der Waals surface area contributed by atoms with Crippen LogP contribution in [-0.2, 0) is 6.42 Å². The molecule has 0 spiro atoms. The minimum atomic E-state index is 0.461. The molecule has 1 rings (SSSR count). The van der Waals surface area contributed by atoms with Crippen molar-refractivity contribution in [2.75, 3.05) is 13.1 Å². The maximum atomic E-state index is 3.93. The predicted octanol–water partition coefficient (Wildman–Crippen LogP) is 3.13. The molecule has 0 N–H and O–H groups in total. The quantitative estimate of drug-likeness (QED) is 0.642. The monoisotopic (exact) mass is 203 g/mol. The van der Waals surface area contributed by atoms with Gasteiger partial charge in [-0.3, -0.25) is 4.90 Å². The Bertz CT molecular complexity index is 275. The van der Waals surface area contributed by atoms with E-state index < -0.39 is 0 Å². The Kier molecular flexibility index (Phi) is 5.13. The first kappa shape index (κ1) is 12.0. The molecule has 15 heavy (non-hydrogen) atoms. The predicted molar refractivity (Wildman–Crippen MR) is 67.1 cm³/mol. The number of hydrogen-bond donors (Lipinski definition) is 0. The molecule has 0 aliphatic heterocycles. The summed E-state index contributed by atoms with van der Waals surface area (Å²) in [7, 11) is 0. The Morgan fingerprint density at radius 3 is 2.27 bits per heavy atom. The lowest BCUT2D eigenvalue weighted by molar-refractivity contribution is 0.253. The number of likely N-dealkylation sites (N-methyl/N-ethyl adjacent to an activating group) is 1. The highest BCUT2D eigenvalue weighted by Gasteiger charge is 2.11. The molecular weight excluding hydrogens is 182 g/mol. The van der Waals surface area contributed by atoms with E-state index in [1.807, 2.05) is 0 Å². The molecule has 1 aromatic rings. The van der Waals surface area contributed by atoms with Crippen LogP contribution in [0.5, 0.6) is 0 Å². The highest BCUT2D eigenvalue weighted by Crippen LogP contribution is 2.09. The second-order valence-electron chi connectivity index (χ2n) is 3.71. The largest absolute Gasteiger partial charge is 0.297 e. The van der Waals surface area contributed by atoms with E-state index in [1.165, 1.54) is 5.56 Å². The van der Waals surface area contributed by atoms with Gasteiger partial charge in [-0.1, -0.05) is 50.3 Å². The molecule has 0 saturated heterocycles. The molecule has 0 fully saturated rings. The standard InChI is InChI=1S/C14H21N/c1-4-14(15(5-2)6-3)12-13-10-8-7-9-11-13/h4,7-11,14H,1,5-6,12H2,2-3H3. The number of benzene rings is 1. The van der Waals surface area contributed by atoms with Crippen LogP contribution in [0.4, 0.5) is 0 Å². The van der Waals surface area contributed by atoms with Gasteiger partial charge in [0.2, 0.25) is 0 Å². The van der Waals surface area contributed by atoms with E-state index in [-0.39, 0.29) is 0 Å². The van der Waals surface area contributed by atoms with Gasteiger partial charge in [0.1, 0.15) is 0 Å². The summed E-state index contributed by atoms with van der Waals surface area (Å²) in [5, 5.41) is 0. The molecule has 0 radical (unpaired) electrons. The van der Waals surface area contributed by atoms with E-state index in [1.54, 1.807) is 0 Å². The van der Waals surface area contributed by atoms with Crippen LogP contribution < -0.4 is 0 Å². The minimum absolute atomic E-state index is 0.461. The van der Waals surface area contributed by atoms with Crippen LogP contribution in [0.2, 0.25) is 0 Å². The molecular formula is C14H21N. The first-order valence-corrected chi connectivity index (χ1v) is 5.72. The fourth-order valence-electron chi connectivity index (χ4n) is 1.91. The highest BCUT2D eigenvalue weighted by molar-refractivity contribution is 5.17. The van der Waals surface area contributed by atoms with Crippen LogP contribution in [0.1, 0.15) is 19.4 Å². The van der Waals surface area contributed by atoms with Crippen molar-refractivity contribution in [3.8, 4) is 0 Å². The van der Waals surface area contributed by atoms with Gasteiger partial charge in [-0.05, 0) is 25.1 Å². The summed E-state index contributed by atoms with van der Waals surface area (Å²) in [6, 6.07) is 11.1. The minimum Gasteiger partial charge on any atom is -0.297 e. The summed E-state index contributed by atoms with van der Waals surface area (Å²) in [4.78, 5) is 2.43. The molecule has 0 saturated carbocycles. The topological polar surface area (TPSA) is 3.24 Å². The van der Waals surface area contributed by atoms with Crippen molar-refractivity contribution in [2.45, 2.75) is 26.3 Å². The Hall–Kier alpha value is -1.08. The zero-order valence-electron chi connectivity index (χ0n) is 9.82. The van der Waals surface area contributed by atoms with Gasteiger partial charge < -0.3 is 0 Å². The van der Waals surface area contributed by atoms with Gasteiger partial charge in [-0.25, -0.2) is 0 Å². The Morgan fingerprint density at radius 1 is 1.20 bits per heavy atom. The van der Waals surface area contributed by atoms with Crippen molar-refractivity contribution in [3.63, 3.8) is 0 Å². The summed E-state index contributed by atoms with van der Waals surface area (Å²) < 4.78 is 0. The van der Waals surface area contributed by atoms with Gasteiger partial charge in [0, 0.05) is 6.04 Å². The van der Waals surface area contributed by atoms with Crippen molar-refractivity contribution in [3.05, 3.63) is 48.6 Å². The molecule has 0 aromatic heterocycles. The van der Waals surface area contributed by atoms with Crippen molar-refractivity contribution >= 4 is 0 Å². The second-order valence-corrected chi connectivity index (χ2v) is 3.71. The molecule has 1 nitrogen and oxygen atoms in total. The summed E-state index contributed by atoms with van der Waals surface area (Å²) in [5.41, 5.74) is 1.38. The molecule has 82 valence electrons. The molecule has 0 amide bonds. The van der Waals surface area contributed by atoms with Crippen LogP contribution in [0, 0.1) is 0 Å². The molecule has 1 unspecified atom stereocenters. The molecule has 0 heterocycles. The van der Waals surface area contributed by atoms with Crippen molar-refractivity contribution < 1.29 is 0 Å². The molecule has 0 bridgehead atoms. The Labute approximate surface area is 93.4 Å². The summed E-state index contributed by atoms with van der Waals surface area (Å²) >= 11 is 0. The maximum absolute atomic E-state index is 3.93. The SMILES string of the molecule is C=CC(Cc1ccccc1)N(CC)CC. The van der Waals surface area contributed by atoms with E-state index >= 15 is 0 Å². The van der Waals surface area contributed by atoms with Crippen molar-refractivity contribution in [1.82, 2.24) is 4.90 Å². The number of rotatable bonds is 6. The van der Waals surface area contributed by atoms with Crippen LogP contribution >= 0.6 is 0 Å². The first-order chi connectivity index (χ1) is 7.31. The Balaban J connectivity index is 2.65. The number of hydrogen-bond acceptors (Lipinski definition) is 1. The highest BCUT2D eigenvalue weighted by atomic mass is 15.1. The molecule has 0 aliphatic rings. The van der Waals surface area contributed by atoms with Gasteiger partial charge in [0.15, 0.2) is 0 Å². The normalized spacial score (nSPS) is 12.7. The average molecular weight is 203 g/mol. The van der Waals surface area contributed by atoms with Crippen molar-refractivity contribution in [1.29, 1.82) is 0 Å². The van der Waals surface area contributed by atoms with Gasteiger partial charge in [0.25, 0.3) is 0 Å². The van der Waals surface area contributed by atoms with Gasteiger partial charge >= 0.3 is 0 Å². The molecule has 1 atom stereocenters. The third kappa shape index (κ3) is 3.52. The van der Waals surface area contributed by atoms with Gasteiger partial charge in [-0.15, -0.1) is 6.58 Å². The number of nitrogens with zero attached hydrogens (tertiary/aromatic N) is 1. The van der Waals surface area contributed by atoms with Crippen molar-refractivity contribution in [2.24, 2.45) is 0 Å². The van der Waals surface area contributed by atoms with Gasteiger partial charge in [-0.2, -0.15) is 0 Å². The van der Waals surface area contributed by atoms with Crippen LogP contribution in [0.15, 0.2) is 43.0 Å². The lowest BCUT2D eigenvalue weighted by atomic mass is 10.0. The van der Waals surface area contributed by atoms with Gasteiger partial charge in [0.05, 0.1) is 0 Å². The van der Waals surface area contributed by atoms with Crippen LogP contribution in [-0.4, -0.2) is 24.0 Å². The summed E-state index contributed by atoms with van der Waals surface area (Å²) in [6.45, 7) is 10.5. The van der Waals surface area contributed by atoms with E-state index in [4.69, 9.17) is 0 Å². The van der Waals surface area contributed by atoms with E-state index in [9.17, 15) is 0 Å². The molecule has 0 aliphatic carbocycles. The third-order valence-electron chi connectivity index (χ3n) is 2.84. The lowest BCUT2D eigenvalue weighted by Gasteiger charge is -2.27. The van der Waals surface area contributed by atoms with Crippen LogP contribution in [0.25, 0.3) is 0 Å². The fourth-order valence-corrected chi connectivity index (χ4v) is 1.91. The third-order valence-corrected chi connectivity index (χ3v) is 2.84. The first-order valence-electron chi connectivity index (χ1n) is 5.72. The molecule has 1 heteroatoms. The van der Waals surface area contributed by atoms with Crippen LogP contribution in [0.3, 0.4) is 0 Å². The van der Waals surface area contributed by atoms with E-state index in [0.717, 1.165) is 19.5 Å². The smallest absolute Gasteiger partial charge is 0.0315 e. The summed E-state index contributed by atoms with van der Waals surface area (Å²) in [6.07, 6.45) is 3.12. The lowest BCUT2D eigenvalue weighted by Crippen LogP contribution is -2.34. The van der Waals surface area contributed by atoms with E-state index in [2.05, 4.69) is 61.7 Å². The zero-order chi connectivity index (χ0) is 11.1.